The van der Waals surface area contributed by atoms with Crippen LogP contribution in [-0.2, 0) is 4.74 Å². The standard InChI is InChI=1S/C14H28O/c1-7-13(11-12(3)4)9-10-15-14(5,6)8-2/h7,12H,8-11H2,1-6H3. The lowest BCUT2D eigenvalue weighted by molar-refractivity contribution is -0.0185. The molecule has 0 bridgehead atoms. The first-order valence-corrected chi connectivity index (χ1v) is 6.19. The van der Waals surface area contributed by atoms with Crippen LogP contribution in [0.2, 0.25) is 0 Å². The Morgan fingerprint density at radius 3 is 2.33 bits per heavy atom. The van der Waals surface area contributed by atoms with E-state index in [-0.39, 0.29) is 5.60 Å². The fraction of sp³-hybridized carbons (Fsp3) is 0.857. The Balaban J connectivity index is 3.83. The zero-order valence-corrected chi connectivity index (χ0v) is 11.4. The average molecular weight is 212 g/mol. The number of rotatable bonds is 7. The lowest BCUT2D eigenvalue weighted by Gasteiger charge is -2.24. The van der Waals surface area contributed by atoms with Gasteiger partial charge in [-0.15, -0.1) is 0 Å². The van der Waals surface area contributed by atoms with E-state index in [4.69, 9.17) is 4.74 Å². The number of hydrogen-bond acceptors (Lipinski definition) is 1. The van der Waals surface area contributed by atoms with Crippen molar-refractivity contribution in [3.63, 3.8) is 0 Å². The first kappa shape index (κ1) is 14.7. The van der Waals surface area contributed by atoms with E-state index < -0.39 is 0 Å². The molecule has 0 aliphatic heterocycles. The van der Waals surface area contributed by atoms with Crippen LogP contribution < -0.4 is 0 Å². The van der Waals surface area contributed by atoms with Crippen molar-refractivity contribution < 1.29 is 4.74 Å². The maximum atomic E-state index is 5.85. The van der Waals surface area contributed by atoms with Gasteiger partial charge in [0.2, 0.25) is 0 Å². The summed E-state index contributed by atoms with van der Waals surface area (Å²) >= 11 is 0. The predicted octanol–water partition coefficient (Wildman–Crippen LogP) is 4.57. The Hall–Kier alpha value is -0.300. The maximum absolute atomic E-state index is 5.85. The van der Waals surface area contributed by atoms with Crippen LogP contribution in [0.5, 0.6) is 0 Å². The van der Waals surface area contributed by atoms with Crippen molar-refractivity contribution >= 4 is 0 Å². The molecule has 0 aromatic rings. The first-order valence-electron chi connectivity index (χ1n) is 6.19. The van der Waals surface area contributed by atoms with Crippen LogP contribution in [0.25, 0.3) is 0 Å². The quantitative estimate of drug-likeness (QED) is 0.561. The fourth-order valence-corrected chi connectivity index (χ4v) is 1.45. The van der Waals surface area contributed by atoms with Gasteiger partial charge in [0.1, 0.15) is 0 Å². The molecule has 15 heavy (non-hydrogen) atoms. The van der Waals surface area contributed by atoms with Gasteiger partial charge in [-0.3, -0.25) is 0 Å². The summed E-state index contributed by atoms with van der Waals surface area (Å²) in [6.07, 6.45) is 5.59. The van der Waals surface area contributed by atoms with Gasteiger partial charge in [0.25, 0.3) is 0 Å². The van der Waals surface area contributed by atoms with Gasteiger partial charge in [-0.1, -0.05) is 32.4 Å². The summed E-state index contributed by atoms with van der Waals surface area (Å²) in [5, 5.41) is 0. The minimum Gasteiger partial charge on any atom is -0.375 e. The molecule has 0 atom stereocenters. The largest absolute Gasteiger partial charge is 0.375 e. The van der Waals surface area contributed by atoms with Gasteiger partial charge in [-0.05, 0) is 46.0 Å². The summed E-state index contributed by atoms with van der Waals surface area (Å²) in [5.74, 6) is 0.746. The zero-order valence-electron chi connectivity index (χ0n) is 11.4. The SMILES string of the molecule is CC=C(CCOC(C)(C)CC)CC(C)C. The third-order valence-electron chi connectivity index (χ3n) is 2.85. The summed E-state index contributed by atoms with van der Waals surface area (Å²) in [7, 11) is 0. The normalized spacial score (nSPS) is 13.7. The molecule has 0 saturated carbocycles. The smallest absolute Gasteiger partial charge is 0.0624 e. The van der Waals surface area contributed by atoms with Crippen molar-refractivity contribution in [2.45, 2.75) is 66.4 Å². The van der Waals surface area contributed by atoms with Crippen LogP contribution in [0.15, 0.2) is 11.6 Å². The topological polar surface area (TPSA) is 9.23 Å². The molecule has 0 radical (unpaired) electrons. The molecular formula is C14H28O. The highest BCUT2D eigenvalue weighted by molar-refractivity contribution is 5.00. The Morgan fingerprint density at radius 2 is 1.93 bits per heavy atom. The number of ether oxygens (including phenoxy) is 1. The highest BCUT2D eigenvalue weighted by Crippen LogP contribution is 2.18. The molecule has 0 rings (SSSR count). The fourth-order valence-electron chi connectivity index (χ4n) is 1.45. The van der Waals surface area contributed by atoms with E-state index in [1.807, 2.05) is 0 Å². The molecular weight excluding hydrogens is 184 g/mol. The molecule has 0 aromatic carbocycles. The van der Waals surface area contributed by atoms with E-state index in [2.05, 4.69) is 47.6 Å². The van der Waals surface area contributed by atoms with E-state index in [0.717, 1.165) is 25.4 Å². The highest BCUT2D eigenvalue weighted by atomic mass is 16.5. The zero-order chi connectivity index (χ0) is 11.9. The van der Waals surface area contributed by atoms with Crippen LogP contribution in [0.4, 0.5) is 0 Å². The van der Waals surface area contributed by atoms with E-state index in [9.17, 15) is 0 Å². The molecule has 0 aliphatic carbocycles. The first-order chi connectivity index (χ1) is 6.91. The second-order valence-electron chi connectivity index (χ2n) is 5.26. The summed E-state index contributed by atoms with van der Waals surface area (Å²) in [5.41, 5.74) is 1.56. The van der Waals surface area contributed by atoms with Gasteiger partial charge in [0.05, 0.1) is 12.2 Å². The van der Waals surface area contributed by atoms with Crippen molar-refractivity contribution in [1.29, 1.82) is 0 Å². The Bertz CT molecular complexity index is 190. The lowest BCUT2D eigenvalue weighted by atomic mass is 10.0. The average Bonchev–Trinajstić information content (AvgIpc) is 2.15. The molecule has 0 amide bonds. The van der Waals surface area contributed by atoms with Crippen molar-refractivity contribution in [3.8, 4) is 0 Å². The molecule has 1 heteroatoms. The summed E-state index contributed by atoms with van der Waals surface area (Å²) in [6, 6.07) is 0. The van der Waals surface area contributed by atoms with Gasteiger partial charge in [0.15, 0.2) is 0 Å². The van der Waals surface area contributed by atoms with E-state index >= 15 is 0 Å². The van der Waals surface area contributed by atoms with Gasteiger partial charge < -0.3 is 4.74 Å². The number of hydrogen-bond donors (Lipinski definition) is 0. The molecule has 0 aliphatic rings. The Labute approximate surface area is 95.9 Å². The van der Waals surface area contributed by atoms with Gasteiger partial charge in [-0.2, -0.15) is 0 Å². The molecule has 90 valence electrons. The second-order valence-corrected chi connectivity index (χ2v) is 5.26. The van der Waals surface area contributed by atoms with Crippen LogP contribution in [0.1, 0.15) is 60.8 Å². The molecule has 1 nitrogen and oxygen atoms in total. The molecule has 0 spiro atoms. The second kappa shape index (κ2) is 7.05. The van der Waals surface area contributed by atoms with Crippen molar-refractivity contribution in [1.82, 2.24) is 0 Å². The molecule has 0 heterocycles. The summed E-state index contributed by atoms with van der Waals surface area (Å²) < 4.78 is 5.85. The minimum absolute atomic E-state index is 0.0384. The van der Waals surface area contributed by atoms with Crippen LogP contribution in [0, 0.1) is 5.92 Å². The third kappa shape index (κ3) is 7.61. The van der Waals surface area contributed by atoms with E-state index in [1.165, 1.54) is 12.0 Å². The number of allylic oxidation sites excluding steroid dienone is 1. The monoisotopic (exact) mass is 212 g/mol. The van der Waals surface area contributed by atoms with E-state index in [0.29, 0.717) is 0 Å². The van der Waals surface area contributed by atoms with Crippen LogP contribution in [0.3, 0.4) is 0 Å². The molecule has 0 fully saturated rings. The Morgan fingerprint density at radius 1 is 1.33 bits per heavy atom. The Kier molecular flexibility index (Phi) is 6.91. The van der Waals surface area contributed by atoms with E-state index in [1.54, 1.807) is 0 Å². The van der Waals surface area contributed by atoms with Crippen molar-refractivity contribution in [3.05, 3.63) is 11.6 Å². The maximum Gasteiger partial charge on any atom is 0.0624 e. The van der Waals surface area contributed by atoms with Crippen LogP contribution in [-0.4, -0.2) is 12.2 Å². The summed E-state index contributed by atoms with van der Waals surface area (Å²) in [6.45, 7) is 14.0. The summed E-state index contributed by atoms with van der Waals surface area (Å²) in [4.78, 5) is 0. The van der Waals surface area contributed by atoms with Crippen molar-refractivity contribution in [2.24, 2.45) is 5.92 Å². The lowest BCUT2D eigenvalue weighted by Crippen LogP contribution is -2.23. The minimum atomic E-state index is 0.0384. The molecule has 0 N–H and O–H groups in total. The molecule has 0 aromatic heterocycles. The van der Waals surface area contributed by atoms with Gasteiger partial charge in [0, 0.05) is 0 Å². The third-order valence-corrected chi connectivity index (χ3v) is 2.85. The van der Waals surface area contributed by atoms with Gasteiger partial charge >= 0.3 is 0 Å². The van der Waals surface area contributed by atoms with Crippen LogP contribution >= 0.6 is 0 Å². The molecule has 0 unspecified atom stereocenters. The molecule has 0 saturated heterocycles. The predicted molar refractivity (Wildman–Crippen MR) is 68.2 cm³/mol. The highest BCUT2D eigenvalue weighted by Gasteiger charge is 2.14. The van der Waals surface area contributed by atoms with Gasteiger partial charge in [-0.25, -0.2) is 0 Å². The van der Waals surface area contributed by atoms with Crippen molar-refractivity contribution in [2.75, 3.05) is 6.61 Å².